The minimum atomic E-state index is -3.66. The van der Waals surface area contributed by atoms with Gasteiger partial charge in [-0.3, -0.25) is 4.79 Å². The molecule has 2 aliphatic rings. The van der Waals surface area contributed by atoms with Crippen LogP contribution in [-0.2, 0) is 10.0 Å². The molecule has 33 heavy (non-hydrogen) atoms. The molecule has 4 rings (SSSR count). The van der Waals surface area contributed by atoms with Crippen LogP contribution < -0.4 is 19.5 Å². The van der Waals surface area contributed by atoms with Gasteiger partial charge in [-0.2, -0.15) is 4.31 Å². The minimum Gasteiger partial charge on any atom is -0.491 e. The number of fused-ring (bicyclic) bond motifs is 1. The van der Waals surface area contributed by atoms with Gasteiger partial charge in [-0.15, -0.1) is 0 Å². The predicted octanol–water partition coefficient (Wildman–Crippen LogP) is 2.07. The average molecular weight is 477 g/mol. The summed E-state index contributed by atoms with van der Waals surface area (Å²) < 4.78 is 43.7. The lowest BCUT2D eigenvalue weighted by Crippen LogP contribution is -2.37. The SMILES string of the molecule is Cc1ccc(C(=O)NCC(O)COc2ccc3c(c2)OCO3)cc1S(=O)(=O)N1CCCCC1. The Morgan fingerprint density at radius 1 is 1.12 bits per heavy atom. The van der Waals surface area contributed by atoms with Crippen LogP contribution >= 0.6 is 0 Å². The van der Waals surface area contributed by atoms with Crippen LogP contribution in [0, 0.1) is 6.92 Å². The van der Waals surface area contributed by atoms with E-state index in [0.29, 0.717) is 35.9 Å². The molecule has 1 amide bonds. The van der Waals surface area contributed by atoms with E-state index in [4.69, 9.17) is 14.2 Å². The number of carbonyl (C=O) groups excluding carboxylic acids is 1. The van der Waals surface area contributed by atoms with E-state index in [9.17, 15) is 18.3 Å². The van der Waals surface area contributed by atoms with E-state index in [2.05, 4.69) is 5.32 Å². The number of benzene rings is 2. The molecule has 0 bridgehead atoms. The number of aryl methyl sites for hydroxylation is 1. The standard InChI is InChI=1S/C23H28N2O7S/c1-16-5-6-17(11-22(16)33(28,29)25-9-3-2-4-10-25)23(27)24-13-18(26)14-30-19-7-8-20-21(12-19)32-15-31-20/h5-8,11-12,18,26H,2-4,9-10,13-15H2,1H3,(H,24,27). The lowest BCUT2D eigenvalue weighted by molar-refractivity contribution is 0.0843. The maximum Gasteiger partial charge on any atom is 0.251 e. The molecule has 2 aliphatic heterocycles. The Morgan fingerprint density at radius 2 is 1.88 bits per heavy atom. The zero-order valence-electron chi connectivity index (χ0n) is 18.5. The highest BCUT2D eigenvalue weighted by Gasteiger charge is 2.28. The molecule has 10 heteroatoms. The number of aliphatic hydroxyl groups excluding tert-OH is 1. The van der Waals surface area contributed by atoms with Gasteiger partial charge in [-0.05, 0) is 49.6 Å². The first-order valence-corrected chi connectivity index (χ1v) is 12.4. The van der Waals surface area contributed by atoms with Crippen LogP contribution in [0.1, 0.15) is 35.2 Å². The van der Waals surface area contributed by atoms with Gasteiger partial charge in [0.1, 0.15) is 18.5 Å². The van der Waals surface area contributed by atoms with Gasteiger partial charge in [0.15, 0.2) is 11.5 Å². The topological polar surface area (TPSA) is 114 Å². The minimum absolute atomic E-state index is 0.0393. The Balaban J connectivity index is 1.34. The Kier molecular flexibility index (Phi) is 7.06. The molecule has 0 spiro atoms. The maximum absolute atomic E-state index is 13.1. The quantitative estimate of drug-likeness (QED) is 0.599. The number of aliphatic hydroxyl groups is 1. The van der Waals surface area contributed by atoms with E-state index in [1.807, 2.05) is 0 Å². The molecule has 178 valence electrons. The van der Waals surface area contributed by atoms with Gasteiger partial charge in [-0.1, -0.05) is 12.5 Å². The van der Waals surface area contributed by atoms with Crippen molar-refractivity contribution in [3.05, 3.63) is 47.5 Å². The average Bonchev–Trinajstić information content (AvgIpc) is 3.30. The van der Waals surface area contributed by atoms with Crippen molar-refractivity contribution in [3.63, 3.8) is 0 Å². The summed E-state index contributed by atoms with van der Waals surface area (Å²) in [6.07, 6.45) is 1.74. The molecule has 2 N–H and O–H groups in total. The van der Waals surface area contributed by atoms with Gasteiger partial charge >= 0.3 is 0 Å². The number of piperidine rings is 1. The van der Waals surface area contributed by atoms with Crippen LogP contribution in [0.5, 0.6) is 17.2 Å². The Hall–Kier alpha value is -2.82. The van der Waals surface area contributed by atoms with Crippen molar-refractivity contribution in [2.75, 3.05) is 33.0 Å². The summed E-state index contributed by atoms with van der Waals surface area (Å²) in [7, 11) is -3.66. The third kappa shape index (κ3) is 5.40. The molecule has 0 radical (unpaired) electrons. The van der Waals surface area contributed by atoms with E-state index in [0.717, 1.165) is 19.3 Å². The zero-order chi connectivity index (χ0) is 23.4. The molecule has 0 aromatic heterocycles. The monoisotopic (exact) mass is 476 g/mol. The second-order valence-corrected chi connectivity index (χ2v) is 10.0. The number of ether oxygens (including phenoxy) is 3. The summed E-state index contributed by atoms with van der Waals surface area (Å²) in [6.45, 7) is 2.78. The van der Waals surface area contributed by atoms with Crippen molar-refractivity contribution in [1.29, 1.82) is 0 Å². The molecule has 1 fully saturated rings. The van der Waals surface area contributed by atoms with E-state index in [1.54, 1.807) is 37.3 Å². The van der Waals surface area contributed by atoms with Crippen LogP contribution in [0.4, 0.5) is 0 Å². The summed E-state index contributed by atoms with van der Waals surface area (Å²) in [4.78, 5) is 12.8. The summed E-state index contributed by atoms with van der Waals surface area (Å²) >= 11 is 0. The molecule has 1 saturated heterocycles. The van der Waals surface area contributed by atoms with Crippen LogP contribution in [-0.4, -0.2) is 62.9 Å². The molecular weight excluding hydrogens is 448 g/mol. The normalized spacial score (nSPS) is 16.9. The van der Waals surface area contributed by atoms with Gasteiger partial charge in [0, 0.05) is 31.3 Å². The number of nitrogens with zero attached hydrogens (tertiary/aromatic N) is 1. The van der Waals surface area contributed by atoms with E-state index >= 15 is 0 Å². The number of hydrogen-bond donors (Lipinski definition) is 2. The predicted molar refractivity (Wildman–Crippen MR) is 120 cm³/mol. The molecule has 2 aromatic rings. The number of carbonyl (C=O) groups is 1. The van der Waals surface area contributed by atoms with Crippen LogP contribution in [0.25, 0.3) is 0 Å². The van der Waals surface area contributed by atoms with Gasteiger partial charge in [0.25, 0.3) is 5.91 Å². The fourth-order valence-electron chi connectivity index (χ4n) is 3.79. The van der Waals surface area contributed by atoms with Crippen molar-refractivity contribution in [1.82, 2.24) is 9.62 Å². The van der Waals surface area contributed by atoms with Crippen LogP contribution in [0.15, 0.2) is 41.3 Å². The van der Waals surface area contributed by atoms with Crippen LogP contribution in [0.2, 0.25) is 0 Å². The summed E-state index contributed by atoms with van der Waals surface area (Å²) in [5.41, 5.74) is 0.814. The van der Waals surface area contributed by atoms with E-state index in [1.165, 1.54) is 10.4 Å². The molecule has 0 saturated carbocycles. The number of hydrogen-bond acceptors (Lipinski definition) is 7. The second kappa shape index (κ2) is 9.98. The lowest BCUT2D eigenvalue weighted by atomic mass is 10.1. The van der Waals surface area contributed by atoms with Gasteiger partial charge in [0.05, 0.1) is 4.90 Å². The summed E-state index contributed by atoms with van der Waals surface area (Å²) in [5.74, 6) is 1.25. The highest BCUT2D eigenvalue weighted by molar-refractivity contribution is 7.89. The molecular formula is C23H28N2O7S. The third-order valence-corrected chi connectivity index (χ3v) is 7.71. The van der Waals surface area contributed by atoms with Crippen molar-refractivity contribution < 1.29 is 32.5 Å². The van der Waals surface area contributed by atoms with Crippen LogP contribution in [0.3, 0.4) is 0 Å². The molecule has 2 heterocycles. The largest absolute Gasteiger partial charge is 0.491 e. The van der Waals surface area contributed by atoms with E-state index < -0.39 is 22.0 Å². The van der Waals surface area contributed by atoms with E-state index in [-0.39, 0.29) is 30.4 Å². The summed E-state index contributed by atoms with van der Waals surface area (Å²) in [5, 5.41) is 12.8. The van der Waals surface area contributed by atoms with Gasteiger partial charge in [0.2, 0.25) is 16.8 Å². The Morgan fingerprint density at radius 3 is 2.67 bits per heavy atom. The number of nitrogens with one attached hydrogen (secondary N) is 1. The highest BCUT2D eigenvalue weighted by Crippen LogP contribution is 2.35. The van der Waals surface area contributed by atoms with Crippen molar-refractivity contribution >= 4 is 15.9 Å². The van der Waals surface area contributed by atoms with Gasteiger partial charge in [-0.25, -0.2) is 8.42 Å². The number of rotatable bonds is 8. The van der Waals surface area contributed by atoms with Crippen molar-refractivity contribution in [2.45, 2.75) is 37.2 Å². The Labute approximate surface area is 193 Å². The zero-order valence-corrected chi connectivity index (χ0v) is 19.3. The molecule has 9 nitrogen and oxygen atoms in total. The third-order valence-electron chi connectivity index (χ3n) is 5.67. The maximum atomic E-state index is 13.1. The Bertz CT molecular complexity index is 1110. The first-order valence-electron chi connectivity index (χ1n) is 10.9. The fraction of sp³-hybridized carbons (Fsp3) is 0.435. The molecule has 0 aliphatic carbocycles. The van der Waals surface area contributed by atoms with Crippen molar-refractivity contribution in [2.24, 2.45) is 0 Å². The number of amides is 1. The first kappa shape index (κ1) is 23.3. The highest BCUT2D eigenvalue weighted by atomic mass is 32.2. The fourth-order valence-corrected chi connectivity index (χ4v) is 5.56. The summed E-state index contributed by atoms with van der Waals surface area (Å²) in [6, 6.07) is 9.71. The first-order chi connectivity index (χ1) is 15.8. The molecule has 2 aromatic carbocycles. The van der Waals surface area contributed by atoms with Gasteiger partial charge < -0.3 is 24.6 Å². The number of sulfonamides is 1. The lowest BCUT2D eigenvalue weighted by Gasteiger charge is -2.26. The second-order valence-electron chi connectivity index (χ2n) is 8.13. The molecule has 1 atom stereocenters. The van der Waals surface area contributed by atoms with Crippen molar-refractivity contribution in [3.8, 4) is 17.2 Å². The molecule has 1 unspecified atom stereocenters. The smallest absolute Gasteiger partial charge is 0.251 e.